The molecule has 0 aliphatic carbocycles. The number of nitrogens with one attached hydrogen (secondary N) is 2. The summed E-state index contributed by atoms with van der Waals surface area (Å²) >= 11 is 1.49. The Morgan fingerprint density at radius 3 is 2.88 bits per heavy atom. The molecule has 5 aromatic heterocycles. The number of hydrogen-bond acceptors (Lipinski definition) is 7. The summed E-state index contributed by atoms with van der Waals surface area (Å²) in [6, 6.07) is 4.44. The van der Waals surface area contributed by atoms with Crippen molar-refractivity contribution in [1.82, 2.24) is 34.5 Å². The lowest BCUT2D eigenvalue weighted by molar-refractivity contribution is -0.114. The number of thiazole rings is 1. The van der Waals surface area contributed by atoms with Gasteiger partial charge < -0.3 is 9.88 Å². The second kappa shape index (κ2) is 7.64. The van der Waals surface area contributed by atoms with Crippen molar-refractivity contribution in [2.24, 2.45) is 7.05 Å². The number of anilines is 1. The molecule has 1 amide bonds. The largest absolute Gasteiger partial charge is 0.323 e. The number of pyridine rings is 1. The maximum Gasteiger partial charge on any atom is 0.291 e. The predicted molar refractivity (Wildman–Crippen MR) is 117 cm³/mol. The van der Waals surface area contributed by atoms with E-state index in [1.807, 2.05) is 6.07 Å². The summed E-state index contributed by atoms with van der Waals surface area (Å²) in [5.74, 6) is -0.712. The van der Waals surface area contributed by atoms with Gasteiger partial charge in [0.05, 0.1) is 23.1 Å². The highest BCUT2D eigenvalue weighted by molar-refractivity contribution is 7.19. The van der Waals surface area contributed by atoms with Crippen LogP contribution >= 0.6 is 11.3 Å². The van der Waals surface area contributed by atoms with Gasteiger partial charge in [0.15, 0.2) is 5.65 Å². The van der Waals surface area contributed by atoms with E-state index >= 15 is 0 Å². The van der Waals surface area contributed by atoms with Crippen LogP contribution < -0.4 is 10.9 Å². The van der Waals surface area contributed by atoms with Crippen molar-refractivity contribution >= 4 is 44.3 Å². The van der Waals surface area contributed by atoms with Gasteiger partial charge in [-0.15, -0.1) is 11.3 Å². The zero-order valence-corrected chi connectivity index (χ0v) is 17.9. The second-order valence-corrected chi connectivity index (χ2v) is 8.32. The Labute approximate surface area is 183 Å². The molecule has 0 unspecified atom stereocenters. The van der Waals surface area contributed by atoms with Crippen LogP contribution in [0.4, 0.5) is 10.2 Å². The van der Waals surface area contributed by atoms with Crippen LogP contribution in [0.15, 0.2) is 35.4 Å². The second-order valence-electron chi connectivity index (χ2n) is 7.24. The van der Waals surface area contributed by atoms with Crippen LogP contribution in [0.1, 0.15) is 23.3 Å². The first-order chi connectivity index (χ1) is 15.4. The van der Waals surface area contributed by atoms with Gasteiger partial charge in [-0.3, -0.25) is 14.7 Å². The molecule has 32 heavy (non-hydrogen) atoms. The van der Waals surface area contributed by atoms with Gasteiger partial charge >= 0.3 is 0 Å². The molecule has 5 heterocycles. The van der Waals surface area contributed by atoms with E-state index in [9.17, 15) is 14.0 Å². The molecule has 0 spiro atoms. The fourth-order valence-electron chi connectivity index (χ4n) is 3.55. The number of hydrogen-bond donors (Lipinski definition) is 2. The number of amides is 1. The fourth-order valence-corrected chi connectivity index (χ4v) is 4.67. The van der Waals surface area contributed by atoms with Gasteiger partial charge in [0.1, 0.15) is 27.9 Å². The van der Waals surface area contributed by atoms with E-state index in [-0.39, 0.29) is 29.5 Å². The molecule has 0 aliphatic rings. The summed E-state index contributed by atoms with van der Waals surface area (Å²) in [6.07, 6.45) is 3.93. The van der Waals surface area contributed by atoms with Crippen molar-refractivity contribution in [2.75, 3.05) is 5.32 Å². The number of aryl methyl sites for hydroxylation is 1. The number of nitrogens with zero attached hydrogens (tertiary/aromatic N) is 6. The summed E-state index contributed by atoms with van der Waals surface area (Å²) in [7, 11) is 1.77. The van der Waals surface area contributed by atoms with E-state index < -0.39 is 5.82 Å². The number of fused-ring (bicyclic) bond motifs is 3. The predicted octanol–water partition coefficient (Wildman–Crippen LogP) is 2.20. The standard InChI is InChI=1S/C20H17FN8O2S/c1-10(30)24-15-4-3-13(21)14(25-15)9-29-20(31)17-12(8-23-29)18-19(28(17)2)26-16(32-18)7-11-5-6-22-27-11/h3-6,8H,7,9H2,1-2H3,(H,22,27)(H,24,25,30). The molecule has 0 saturated carbocycles. The molecule has 0 saturated heterocycles. The Morgan fingerprint density at radius 2 is 2.12 bits per heavy atom. The lowest BCUT2D eigenvalue weighted by Crippen LogP contribution is -2.25. The van der Waals surface area contributed by atoms with Crippen LogP contribution in [0.25, 0.3) is 21.3 Å². The Morgan fingerprint density at radius 1 is 1.28 bits per heavy atom. The molecule has 0 aliphatic heterocycles. The van der Waals surface area contributed by atoms with Gasteiger partial charge in [0.25, 0.3) is 5.56 Å². The van der Waals surface area contributed by atoms with Gasteiger partial charge in [0, 0.05) is 32.0 Å². The SMILES string of the molecule is CC(=O)Nc1ccc(F)c(Cn2ncc3c4sc(Cc5cc[nH]n5)nc4n(C)c3c2=O)n1. The first-order valence-corrected chi connectivity index (χ1v) is 10.5. The molecule has 0 bridgehead atoms. The van der Waals surface area contributed by atoms with E-state index in [2.05, 4.69) is 30.6 Å². The van der Waals surface area contributed by atoms with Gasteiger partial charge in [-0.2, -0.15) is 10.2 Å². The van der Waals surface area contributed by atoms with E-state index in [0.29, 0.717) is 23.0 Å². The summed E-state index contributed by atoms with van der Waals surface area (Å²) in [5.41, 5.74) is 1.61. The van der Waals surface area contributed by atoms with Gasteiger partial charge in [-0.1, -0.05) is 0 Å². The Balaban J connectivity index is 1.54. The lowest BCUT2D eigenvalue weighted by Gasteiger charge is -2.08. The zero-order chi connectivity index (χ0) is 22.4. The van der Waals surface area contributed by atoms with Crippen molar-refractivity contribution in [3.8, 4) is 0 Å². The molecule has 0 atom stereocenters. The highest BCUT2D eigenvalue weighted by atomic mass is 32.1. The maximum atomic E-state index is 14.3. The smallest absolute Gasteiger partial charge is 0.291 e. The number of aromatic amines is 1. The van der Waals surface area contributed by atoms with Crippen LogP contribution in [-0.2, 0) is 24.8 Å². The topological polar surface area (TPSA) is 123 Å². The number of halogens is 1. The number of rotatable bonds is 5. The molecule has 5 aromatic rings. The maximum absolute atomic E-state index is 14.3. The molecule has 10 nitrogen and oxygen atoms in total. The molecule has 5 rings (SSSR count). The summed E-state index contributed by atoms with van der Waals surface area (Å²) < 4.78 is 18.0. The zero-order valence-electron chi connectivity index (χ0n) is 17.1. The van der Waals surface area contributed by atoms with Crippen molar-refractivity contribution < 1.29 is 9.18 Å². The first kappa shape index (κ1) is 20.0. The minimum Gasteiger partial charge on any atom is -0.323 e. The van der Waals surface area contributed by atoms with E-state index in [1.54, 1.807) is 24.0 Å². The molecule has 162 valence electrons. The van der Waals surface area contributed by atoms with Crippen LogP contribution in [0.5, 0.6) is 0 Å². The average molecular weight is 452 g/mol. The van der Waals surface area contributed by atoms with Crippen molar-refractivity contribution in [2.45, 2.75) is 19.9 Å². The van der Waals surface area contributed by atoms with Crippen LogP contribution in [-0.4, -0.2) is 40.4 Å². The quantitative estimate of drug-likeness (QED) is 0.421. The van der Waals surface area contributed by atoms with E-state index in [0.717, 1.165) is 20.1 Å². The molecule has 0 aromatic carbocycles. The van der Waals surface area contributed by atoms with Crippen molar-refractivity contribution in [3.63, 3.8) is 0 Å². The Kier molecular flexibility index (Phi) is 4.78. The number of carbonyl (C=O) groups excluding carboxylic acids is 1. The van der Waals surface area contributed by atoms with Gasteiger partial charge in [-0.25, -0.2) is 19.0 Å². The molecular formula is C20H17FN8O2S. The lowest BCUT2D eigenvalue weighted by atomic mass is 10.3. The van der Waals surface area contributed by atoms with E-state index in [1.165, 1.54) is 30.4 Å². The summed E-state index contributed by atoms with van der Waals surface area (Å²) in [6.45, 7) is 1.16. The number of carbonyl (C=O) groups is 1. The number of aromatic nitrogens is 7. The third kappa shape index (κ3) is 3.43. The average Bonchev–Trinajstić information content (AvgIpc) is 3.46. The molecule has 2 N–H and O–H groups in total. The third-order valence-corrected chi connectivity index (χ3v) is 6.06. The fraction of sp³-hybridized carbons (Fsp3) is 0.200. The van der Waals surface area contributed by atoms with Crippen LogP contribution in [0, 0.1) is 5.82 Å². The molecule has 12 heteroatoms. The minimum absolute atomic E-state index is 0.000588. The highest BCUT2D eigenvalue weighted by Gasteiger charge is 2.19. The normalized spacial score (nSPS) is 11.5. The van der Waals surface area contributed by atoms with Crippen molar-refractivity contribution in [1.29, 1.82) is 0 Å². The first-order valence-electron chi connectivity index (χ1n) is 9.66. The minimum atomic E-state index is -0.592. The highest BCUT2D eigenvalue weighted by Crippen LogP contribution is 2.31. The Hall–Kier alpha value is -3.93. The molecular weight excluding hydrogens is 435 g/mol. The van der Waals surface area contributed by atoms with Gasteiger partial charge in [0.2, 0.25) is 5.91 Å². The van der Waals surface area contributed by atoms with E-state index in [4.69, 9.17) is 0 Å². The van der Waals surface area contributed by atoms with Crippen molar-refractivity contribution in [3.05, 3.63) is 63.2 Å². The molecule has 0 fully saturated rings. The summed E-state index contributed by atoms with van der Waals surface area (Å²) in [5, 5.41) is 15.3. The monoisotopic (exact) mass is 452 g/mol. The third-order valence-electron chi connectivity index (χ3n) is 4.98. The number of H-pyrrole nitrogens is 1. The Bertz CT molecular complexity index is 1530. The molecule has 0 radical (unpaired) electrons. The van der Waals surface area contributed by atoms with Crippen LogP contribution in [0.3, 0.4) is 0 Å². The summed E-state index contributed by atoms with van der Waals surface area (Å²) in [4.78, 5) is 33.2. The van der Waals surface area contributed by atoms with Gasteiger partial charge in [-0.05, 0) is 18.2 Å². The van der Waals surface area contributed by atoms with Crippen LogP contribution in [0.2, 0.25) is 0 Å².